The van der Waals surface area contributed by atoms with E-state index in [-0.39, 0.29) is 19.1 Å². The maximum Gasteiger partial charge on any atom is 0.318 e. The molecule has 0 aliphatic carbocycles. The van der Waals surface area contributed by atoms with Crippen molar-refractivity contribution in [3.05, 3.63) is 65.0 Å². The van der Waals surface area contributed by atoms with Gasteiger partial charge in [0.25, 0.3) is 0 Å². The highest BCUT2D eigenvalue weighted by Gasteiger charge is 2.24. The zero-order valence-corrected chi connectivity index (χ0v) is 13.4. The number of aromatic amines is 1. The number of carbonyl (C=O) groups is 1. The van der Waals surface area contributed by atoms with Crippen molar-refractivity contribution >= 4 is 17.1 Å². The molecule has 0 saturated heterocycles. The summed E-state index contributed by atoms with van der Waals surface area (Å²) in [5.74, 6) is -0.966. The van der Waals surface area contributed by atoms with Crippen molar-refractivity contribution in [1.29, 1.82) is 0 Å². The highest BCUT2D eigenvalue weighted by atomic mass is 19.2. The molecule has 0 bridgehead atoms. The summed E-state index contributed by atoms with van der Waals surface area (Å²) in [7, 11) is 0. The molecular formula is C18H16F2N4O. The molecule has 1 aromatic heterocycles. The first kappa shape index (κ1) is 15.6. The molecule has 3 aromatic rings. The van der Waals surface area contributed by atoms with Gasteiger partial charge < -0.3 is 15.2 Å². The second-order valence-electron chi connectivity index (χ2n) is 6.07. The smallest absolute Gasteiger partial charge is 0.318 e. The van der Waals surface area contributed by atoms with Gasteiger partial charge in [0, 0.05) is 26.1 Å². The fourth-order valence-electron chi connectivity index (χ4n) is 3.06. The Bertz CT molecular complexity index is 889. The van der Waals surface area contributed by atoms with Crippen LogP contribution in [0.2, 0.25) is 0 Å². The number of halogens is 2. The zero-order chi connectivity index (χ0) is 17.4. The Morgan fingerprint density at radius 2 is 1.84 bits per heavy atom. The molecule has 0 fully saturated rings. The highest BCUT2D eigenvalue weighted by Crippen LogP contribution is 2.25. The Morgan fingerprint density at radius 1 is 1.16 bits per heavy atom. The van der Waals surface area contributed by atoms with Crippen LogP contribution in [0.5, 0.6) is 0 Å². The first-order chi connectivity index (χ1) is 12.1. The molecule has 2 N–H and O–H groups in total. The molecule has 1 aliphatic heterocycles. The Labute approximate surface area is 142 Å². The molecule has 0 radical (unpaired) electrons. The van der Waals surface area contributed by atoms with E-state index < -0.39 is 11.6 Å². The molecule has 4 rings (SSSR count). The van der Waals surface area contributed by atoms with E-state index in [1.807, 2.05) is 24.3 Å². The summed E-state index contributed by atoms with van der Waals surface area (Å²) in [5, 5.41) is 2.82. The first-order valence-corrected chi connectivity index (χ1v) is 8.03. The molecule has 0 spiro atoms. The Hall–Kier alpha value is -2.96. The SMILES string of the molecule is O=C(NCCc1nc2ccccc2[nH]1)N1Cc2cc(F)c(F)cc2C1. The number of hydrogen-bond donors (Lipinski definition) is 2. The van der Waals surface area contributed by atoms with Crippen molar-refractivity contribution < 1.29 is 13.6 Å². The van der Waals surface area contributed by atoms with Crippen molar-refractivity contribution in [3.63, 3.8) is 0 Å². The Balaban J connectivity index is 1.34. The van der Waals surface area contributed by atoms with E-state index in [4.69, 9.17) is 0 Å². The molecule has 2 aromatic carbocycles. The summed E-state index contributed by atoms with van der Waals surface area (Å²) < 4.78 is 26.6. The normalized spacial score (nSPS) is 13.3. The zero-order valence-electron chi connectivity index (χ0n) is 13.4. The van der Waals surface area contributed by atoms with Gasteiger partial charge in [-0.05, 0) is 35.4 Å². The monoisotopic (exact) mass is 342 g/mol. The minimum absolute atomic E-state index is 0.256. The third kappa shape index (κ3) is 3.05. The van der Waals surface area contributed by atoms with Crippen LogP contribution >= 0.6 is 0 Å². The minimum atomic E-state index is -0.883. The quantitative estimate of drug-likeness (QED) is 0.768. The largest absolute Gasteiger partial charge is 0.342 e. The summed E-state index contributed by atoms with van der Waals surface area (Å²) in [6, 6.07) is 9.79. The lowest BCUT2D eigenvalue weighted by molar-refractivity contribution is 0.198. The maximum atomic E-state index is 13.3. The average molecular weight is 342 g/mol. The molecular weight excluding hydrogens is 326 g/mol. The van der Waals surface area contributed by atoms with Crippen LogP contribution < -0.4 is 5.32 Å². The molecule has 2 heterocycles. The van der Waals surface area contributed by atoms with E-state index in [1.165, 1.54) is 4.90 Å². The molecule has 25 heavy (non-hydrogen) atoms. The number of rotatable bonds is 3. The summed E-state index contributed by atoms with van der Waals surface area (Å²) in [6.07, 6.45) is 0.574. The van der Waals surface area contributed by atoms with Gasteiger partial charge in [-0.1, -0.05) is 12.1 Å². The fraction of sp³-hybridized carbons (Fsp3) is 0.222. The molecule has 1 aliphatic rings. The molecule has 7 heteroatoms. The topological polar surface area (TPSA) is 61.0 Å². The second kappa shape index (κ2) is 6.16. The number of nitrogens with zero attached hydrogens (tertiary/aromatic N) is 2. The molecule has 0 atom stereocenters. The Morgan fingerprint density at radius 3 is 2.52 bits per heavy atom. The molecule has 2 amide bonds. The van der Waals surface area contributed by atoms with E-state index in [2.05, 4.69) is 15.3 Å². The number of nitrogens with one attached hydrogen (secondary N) is 2. The lowest BCUT2D eigenvalue weighted by atomic mass is 10.1. The van der Waals surface area contributed by atoms with Crippen LogP contribution in [0.15, 0.2) is 36.4 Å². The summed E-state index contributed by atoms with van der Waals surface area (Å²) >= 11 is 0. The van der Waals surface area contributed by atoms with Gasteiger partial charge >= 0.3 is 6.03 Å². The number of urea groups is 1. The predicted octanol–water partition coefficient (Wildman–Crippen LogP) is 3.11. The van der Waals surface area contributed by atoms with Crippen LogP contribution in [0.4, 0.5) is 13.6 Å². The van der Waals surface area contributed by atoms with Crippen molar-refractivity contribution in [2.75, 3.05) is 6.54 Å². The van der Waals surface area contributed by atoms with Crippen LogP contribution in [0.25, 0.3) is 11.0 Å². The average Bonchev–Trinajstić information content (AvgIpc) is 3.18. The van der Waals surface area contributed by atoms with Gasteiger partial charge in [-0.3, -0.25) is 0 Å². The van der Waals surface area contributed by atoms with Crippen molar-refractivity contribution in [3.8, 4) is 0 Å². The third-order valence-electron chi connectivity index (χ3n) is 4.33. The third-order valence-corrected chi connectivity index (χ3v) is 4.33. The van der Waals surface area contributed by atoms with E-state index in [0.717, 1.165) is 29.0 Å². The van der Waals surface area contributed by atoms with Crippen LogP contribution in [0.1, 0.15) is 17.0 Å². The lowest BCUT2D eigenvalue weighted by Crippen LogP contribution is -2.37. The lowest BCUT2D eigenvalue weighted by Gasteiger charge is -2.16. The summed E-state index contributed by atoms with van der Waals surface area (Å²) in [4.78, 5) is 21.4. The van der Waals surface area contributed by atoms with Gasteiger partial charge in [0.1, 0.15) is 5.82 Å². The number of H-pyrrole nitrogens is 1. The number of carbonyl (C=O) groups excluding carboxylic acids is 1. The van der Waals surface area contributed by atoms with Crippen LogP contribution in [-0.4, -0.2) is 27.4 Å². The predicted molar refractivity (Wildman–Crippen MR) is 88.8 cm³/mol. The number of benzene rings is 2. The van der Waals surface area contributed by atoms with E-state index in [0.29, 0.717) is 24.1 Å². The van der Waals surface area contributed by atoms with Gasteiger partial charge in [-0.25, -0.2) is 18.6 Å². The van der Waals surface area contributed by atoms with Gasteiger partial charge in [-0.15, -0.1) is 0 Å². The maximum absolute atomic E-state index is 13.3. The van der Waals surface area contributed by atoms with Crippen LogP contribution in [0, 0.1) is 11.6 Å². The van der Waals surface area contributed by atoms with Gasteiger partial charge in [-0.2, -0.15) is 0 Å². The molecule has 0 unspecified atom stereocenters. The van der Waals surface area contributed by atoms with E-state index >= 15 is 0 Å². The number of amides is 2. The van der Waals surface area contributed by atoms with Crippen LogP contribution in [-0.2, 0) is 19.5 Å². The standard InChI is InChI=1S/C18H16F2N4O/c19-13-7-11-9-24(10-12(11)8-14(13)20)18(25)21-6-5-17-22-15-3-1-2-4-16(15)23-17/h1-4,7-8H,5-6,9-10H2,(H,21,25)(H,22,23). The van der Waals surface area contributed by atoms with Crippen molar-refractivity contribution in [2.24, 2.45) is 0 Å². The minimum Gasteiger partial charge on any atom is -0.342 e. The van der Waals surface area contributed by atoms with E-state index in [1.54, 1.807) is 0 Å². The first-order valence-electron chi connectivity index (χ1n) is 8.03. The number of aromatic nitrogens is 2. The highest BCUT2D eigenvalue weighted by molar-refractivity contribution is 5.75. The number of imidazole rings is 1. The fourth-order valence-corrected chi connectivity index (χ4v) is 3.06. The molecule has 0 saturated carbocycles. The van der Waals surface area contributed by atoms with E-state index in [9.17, 15) is 13.6 Å². The van der Waals surface area contributed by atoms with Crippen molar-refractivity contribution in [2.45, 2.75) is 19.5 Å². The van der Waals surface area contributed by atoms with Gasteiger partial charge in [0.2, 0.25) is 0 Å². The Kier molecular flexibility index (Phi) is 3.83. The molecule has 5 nitrogen and oxygen atoms in total. The number of para-hydroxylation sites is 2. The number of fused-ring (bicyclic) bond motifs is 2. The van der Waals surface area contributed by atoms with Crippen molar-refractivity contribution in [1.82, 2.24) is 20.2 Å². The van der Waals surface area contributed by atoms with Crippen LogP contribution in [0.3, 0.4) is 0 Å². The molecule has 128 valence electrons. The van der Waals surface area contributed by atoms with Gasteiger partial charge in [0.05, 0.1) is 11.0 Å². The second-order valence-corrected chi connectivity index (χ2v) is 6.07. The summed E-state index contributed by atoms with van der Waals surface area (Å²) in [6.45, 7) is 0.986. The summed E-state index contributed by atoms with van der Waals surface area (Å²) in [5.41, 5.74) is 3.14. The van der Waals surface area contributed by atoms with Gasteiger partial charge in [0.15, 0.2) is 11.6 Å². The number of hydrogen-bond acceptors (Lipinski definition) is 2.